The molecule has 94 valence electrons. The molecule has 1 atom stereocenters. The van der Waals surface area contributed by atoms with E-state index in [1.54, 1.807) is 7.11 Å². The molecule has 17 heavy (non-hydrogen) atoms. The summed E-state index contributed by atoms with van der Waals surface area (Å²) < 4.78 is 5.13. The lowest BCUT2D eigenvalue weighted by atomic mass is 10.2. The van der Waals surface area contributed by atoms with Gasteiger partial charge < -0.3 is 15.0 Å². The smallest absolute Gasteiger partial charge is 0.0661 e. The number of anilines is 2. The Bertz CT molecular complexity index is 348. The molecule has 2 rings (SSSR count). The molecular formula is C14H22N2O. The van der Waals surface area contributed by atoms with Crippen molar-refractivity contribution in [3.8, 4) is 0 Å². The fraction of sp³-hybridized carbons (Fsp3) is 0.571. The average Bonchev–Trinajstić information content (AvgIpc) is 2.83. The zero-order valence-corrected chi connectivity index (χ0v) is 10.8. The number of rotatable bonds is 5. The Labute approximate surface area is 104 Å². The molecule has 1 fully saturated rings. The molecule has 1 aromatic carbocycles. The molecule has 1 N–H and O–H groups in total. The minimum absolute atomic E-state index is 0.342. The molecule has 1 aliphatic heterocycles. The van der Waals surface area contributed by atoms with Crippen LogP contribution in [0.3, 0.4) is 0 Å². The van der Waals surface area contributed by atoms with Gasteiger partial charge in [-0.15, -0.1) is 0 Å². The maximum absolute atomic E-state index is 5.13. The molecule has 0 aromatic heterocycles. The van der Waals surface area contributed by atoms with Crippen molar-refractivity contribution in [3.63, 3.8) is 0 Å². The van der Waals surface area contributed by atoms with E-state index in [4.69, 9.17) is 4.74 Å². The van der Waals surface area contributed by atoms with Crippen LogP contribution in [0.2, 0.25) is 0 Å². The van der Waals surface area contributed by atoms with Gasteiger partial charge >= 0.3 is 0 Å². The van der Waals surface area contributed by atoms with Gasteiger partial charge in [-0.1, -0.05) is 6.07 Å². The third-order valence-corrected chi connectivity index (χ3v) is 3.15. The van der Waals surface area contributed by atoms with E-state index in [9.17, 15) is 0 Å². The first kappa shape index (κ1) is 12.2. The number of methoxy groups -OCH3 is 1. The molecular weight excluding hydrogens is 212 g/mol. The largest absolute Gasteiger partial charge is 0.383 e. The number of nitrogens with zero attached hydrogens (tertiary/aromatic N) is 1. The zero-order valence-electron chi connectivity index (χ0n) is 10.8. The molecule has 1 aliphatic rings. The number of benzene rings is 1. The van der Waals surface area contributed by atoms with Gasteiger partial charge in [-0.3, -0.25) is 0 Å². The molecule has 0 bridgehead atoms. The lowest BCUT2D eigenvalue weighted by molar-refractivity contribution is 0.190. The van der Waals surface area contributed by atoms with Crippen molar-refractivity contribution in [2.75, 3.05) is 37.0 Å². The molecule has 0 aliphatic carbocycles. The summed E-state index contributed by atoms with van der Waals surface area (Å²) in [6.07, 6.45) is 2.63. The third kappa shape index (κ3) is 3.37. The monoisotopic (exact) mass is 234 g/mol. The van der Waals surface area contributed by atoms with Crippen LogP contribution in [0.1, 0.15) is 19.8 Å². The summed E-state index contributed by atoms with van der Waals surface area (Å²) >= 11 is 0. The Hall–Kier alpha value is -1.22. The second kappa shape index (κ2) is 5.92. The number of ether oxygens (including phenoxy) is 1. The summed E-state index contributed by atoms with van der Waals surface area (Å²) in [4.78, 5) is 2.45. The van der Waals surface area contributed by atoms with Crippen LogP contribution in [0.15, 0.2) is 24.3 Å². The highest BCUT2D eigenvalue weighted by Gasteiger charge is 2.12. The van der Waals surface area contributed by atoms with Crippen molar-refractivity contribution in [2.24, 2.45) is 0 Å². The predicted molar refractivity (Wildman–Crippen MR) is 72.8 cm³/mol. The number of nitrogens with one attached hydrogen (secondary N) is 1. The summed E-state index contributed by atoms with van der Waals surface area (Å²) in [5, 5.41) is 3.45. The number of hydrogen-bond acceptors (Lipinski definition) is 3. The highest BCUT2D eigenvalue weighted by molar-refractivity contribution is 5.58. The Kier molecular flexibility index (Phi) is 4.26. The first-order valence-electron chi connectivity index (χ1n) is 6.40. The third-order valence-electron chi connectivity index (χ3n) is 3.15. The fourth-order valence-electron chi connectivity index (χ4n) is 2.34. The highest BCUT2D eigenvalue weighted by atomic mass is 16.5. The van der Waals surface area contributed by atoms with Crippen molar-refractivity contribution < 1.29 is 4.74 Å². The first-order valence-corrected chi connectivity index (χ1v) is 6.40. The van der Waals surface area contributed by atoms with Crippen molar-refractivity contribution in [1.29, 1.82) is 0 Å². The van der Waals surface area contributed by atoms with E-state index in [-0.39, 0.29) is 0 Å². The molecule has 1 unspecified atom stereocenters. The van der Waals surface area contributed by atoms with E-state index in [0.717, 1.165) is 6.61 Å². The Morgan fingerprint density at radius 3 is 2.82 bits per heavy atom. The van der Waals surface area contributed by atoms with Crippen LogP contribution >= 0.6 is 0 Å². The van der Waals surface area contributed by atoms with Gasteiger partial charge in [-0.25, -0.2) is 0 Å². The van der Waals surface area contributed by atoms with Crippen LogP contribution in [0.5, 0.6) is 0 Å². The molecule has 0 spiro atoms. The van der Waals surface area contributed by atoms with Gasteiger partial charge in [0.25, 0.3) is 0 Å². The highest BCUT2D eigenvalue weighted by Crippen LogP contribution is 2.23. The summed E-state index contributed by atoms with van der Waals surface area (Å²) in [6, 6.07) is 9.00. The van der Waals surface area contributed by atoms with Gasteiger partial charge in [0.1, 0.15) is 0 Å². The van der Waals surface area contributed by atoms with E-state index in [0.29, 0.717) is 6.04 Å². The molecule has 1 aromatic rings. The molecule has 3 heteroatoms. The van der Waals surface area contributed by atoms with Crippen LogP contribution in [0, 0.1) is 0 Å². The summed E-state index contributed by atoms with van der Waals surface area (Å²) in [6.45, 7) is 5.24. The molecule has 0 amide bonds. The van der Waals surface area contributed by atoms with E-state index in [1.807, 2.05) is 0 Å². The Morgan fingerprint density at radius 1 is 1.35 bits per heavy atom. The average molecular weight is 234 g/mol. The van der Waals surface area contributed by atoms with E-state index < -0.39 is 0 Å². The maximum Gasteiger partial charge on any atom is 0.0661 e. The predicted octanol–water partition coefficient (Wildman–Crippen LogP) is 2.73. The van der Waals surface area contributed by atoms with Gasteiger partial charge in [0.2, 0.25) is 0 Å². The van der Waals surface area contributed by atoms with Gasteiger partial charge in [0.15, 0.2) is 0 Å². The first-order chi connectivity index (χ1) is 8.29. The molecule has 3 nitrogen and oxygen atoms in total. The number of hydrogen-bond donors (Lipinski definition) is 1. The second-order valence-electron chi connectivity index (χ2n) is 4.75. The molecule has 0 radical (unpaired) electrons. The van der Waals surface area contributed by atoms with Gasteiger partial charge in [0.05, 0.1) is 6.61 Å². The minimum Gasteiger partial charge on any atom is -0.383 e. The van der Waals surface area contributed by atoms with Gasteiger partial charge in [-0.05, 0) is 38.0 Å². The standard InChI is InChI=1S/C14H22N2O/c1-12(11-17-2)15-13-6-5-7-14(10-13)16-8-3-4-9-16/h5-7,10,12,15H,3-4,8-9,11H2,1-2H3. The SMILES string of the molecule is COCC(C)Nc1cccc(N2CCCC2)c1. The van der Waals surface area contributed by atoms with Crippen LogP contribution in [-0.2, 0) is 4.74 Å². The quantitative estimate of drug-likeness (QED) is 0.848. The molecule has 1 saturated heterocycles. The summed E-state index contributed by atoms with van der Waals surface area (Å²) in [5.74, 6) is 0. The normalized spacial score (nSPS) is 17.2. The maximum atomic E-state index is 5.13. The van der Waals surface area contributed by atoms with E-state index >= 15 is 0 Å². The van der Waals surface area contributed by atoms with Crippen LogP contribution < -0.4 is 10.2 Å². The fourth-order valence-corrected chi connectivity index (χ4v) is 2.34. The van der Waals surface area contributed by atoms with Crippen LogP contribution in [0.25, 0.3) is 0 Å². The van der Waals surface area contributed by atoms with E-state index in [2.05, 4.69) is 41.4 Å². The second-order valence-corrected chi connectivity index (χ2v) is 4.75. The van der Waals surface area contributed by atoms with Gasteiger partial charge in [-0.2, -0.15) is 0 Å². The minimum atomic E-state index is 0.342. The van der Waals surface area contributed by atoms with Crippen LogP contribution in [-0.4, -0.2) is 32.8 Å². The van der Waals surface area contributed by atoms with E-state index in [1.165, 1.54) is 37.3 Å². The molecule has 1 heterocycles. The lowest BCUT2D eigenvalue weighted by Crippen LogP contribution is -2.21. The summed E-state index contributed by atoms with van der Waals surface area (Å²) in [7, 11) is 1.73. The zero-order chi connectivity index (χ0) is 12.1. The van der Waals surface area contributed by atoms with Crippen molar-refractivity contribution in [3.05, 3.63) is 24.3 Å². The molecule has 0 saturated carbocycles. The van der Waals surface area contributed by atoms with Crippen LogP contribution in [0.4, 0.5) is 11.4 Å². The summed E-state index contributed by atoms with van der Waals surface area (Å²) in [5.41, 5.74) is 2.51. The topological polar surface area (TPSA) is 24.5 Å². The van der Waals surface area contributed by atoms with Crippen molar-refractivity contribution >= 4 is 11.4 Å². The van der Waals surface area contributed by atoms with Crippen molar-refractivity contribution in [2.45, 2.75) is 25.8 Å². The van der Waals surface area contributed by atoms with Gasteiger partial charge in [0, 0.05) is 37.6 Å². The van der Waals surface area contributed by atoms with Crippen molar-refractivity contribution in [1.82, 2.24) is 0 Å². The lowest BCUT2D eigenvalue weighted by Gasteiger charge is -2.20. The Balaban J connectivity index is 2.00. The Morgan fingerprint density at radius 2 is 2.12 bits per heavy atom.